The third kappa shape index (κ3) is 3.27. The lowest BCUT2D eigenvalue weighted by molar-refractivity contribution is 0.609. The van der Waals surface area contributed by atoms with E-state index in [-0.39, 0.29) is 11.9 Å². The van der Waals surface area contributed by atoms with Crippen LogP contribution in [0.15, 0.2) is 17.0 Å². The van der Waals surface area contributed by atoms with Gasteiger partial charge in [0.05, 0.1) is 0 Å². The predicted molar refractivity (Wildman–Crippen MR) is 76.4 cm³/mol. The molecule has 0 aromatic heterocycles. The molecule has 0 heterocycles. The van der Waals surface area contributed by atoms with Crippen molar-refractivity contribution < 1.29 is 4.39 Å². The summed E-state index contributed by atoms with van der Waals surface area (Å²) in [6.45, 7) is 3.74. The monoisotopic (exact) mass is 267 g/mol. The fourth-order valence-corrected chi connectivity index (χ4v) is 3.96. The highest BCUT2D eigenvalue weighted by Crippen LogP contribution is 2.34. The summed E-state index contributed by atoms with van der Waals surface area (Å²) in [6.07, 6.45) is 5.43. The van der Waals surface area contributed by atoms with E-state index in [4.69, 9.17) is 5.73 Å². The lowest BCUT2D eigenvalue weighted by atomic mass is 10.1. The highest BCUT2D eigenvalue weighted by Gasteiger charge is 2.17. The van der Waals surface area contributed by atoms with Crippen LogP contribution in [0.3, 0.4) is 0 Å². The lowest BCUT2D eigenvalue weighted by Crippen LogP contribution is -2.08. The highest BCUT2D eigenvalue weighted by molar-refractivity contribution is 7.99. The molecule has 0 bridgehead atoms. The standard InChI is InChI=1S/C15H22FNS/c1-10-7-15(13(11(2)17)8-14(10)16)18-9-12-5-3-4-6-12/h7-8,11-12H,3-6,9,17H2,1-2H3/t11-/m0/s1. The average Bonchev–Trinajstić information content (AvgIpc) is 2.83. The molecular formula is C15H22FNS. The van der Waals surface area contributed by atoms with Gasteiger partial charge in [0.25, 0.3) is 0 Å². The molecule has 1 fully saturated rings. The molecule has 0 saturated heterocycles. The Hall–Kier alpha value is -0.540. The number of benzene rings is 1. The molecule has 2 rings (SSSR count). The Labute approximate surface area is 113 Å². The van der Waals surface area contributed by atoms with Crippen molar-refractivity contribution in [2.45, 2.75) is 50.5 Å². The number of hydrogen-bond donors (Lipinski definition) is 1. The number of aryl methyl sites for hydroxylation is 1. The van der Waals surface area contributed by atoms with E-state index in [0.717, 1.165) is 22.1 Å². The van der Waals surface area contributed by atoms with Gasteiger partial charge >= 0.3 is 0 Å². The minimum Gasteiger partial charge on any atom is -0.324 e. The lowest BCUT2D eigenvalue weighted by Gasteiger charge is -2.15. The van der Waals surface area contributed by atoms with Crippen LogP contribution in [0, 0.1) is 18.7 Å². The maximum atomic E-state index is 13.6. The molecule has 0 spiro atoms. The van der Waals surface area contributed by atoms with Crippen molar-refractivity contribution in [2.24, 2.45) is 11.7 Å². The van der Waals surface area contributed by atoms with Crippen molar-refractivity contribution in [2.75, 3.05) is 5.75 Å². The maximum Gasteiger partial charge on any atom is 0.126 e. The Bertz CT molecular complexity index is 411. The molecule has 1 aliphatic rings. The van der Waals surface area contributed by atoms with Crippen LogP contribution in [0.2, 0.25) is 0 Å². The molecular weight excluding hydrogens is 245 g/mol. The molecule has 1 aliphatic carbocycles. The van der Waals surface area contributed by atoms with Gasteiger partial charge in [-0.2, -0.15) is 0 Å². The number of nitrogens with two attached hydrogens (primary N) is 1. The summed E-state index contributed by atoms with van der Waals surface area (Å²) >= 11 is 1.85. The van der Waals surface area contributed by atoms with E-state index in [2.05, 4.69) is 0 Å². The van der Waals surface area contributed by atoms with Crippen molar-refractivity contribution >= 4 is 11.8 Å². The number of rotatable bonds is 4. The molecule has 0 unspecified atom stereocenters. The highest BCUT2D eigenvalue weighted by atomic mass is 32.2. The first kappa shape index (κ1) is 13.9. The van der Waals surface area contributed by atoms with E-state index >= 15 is 0 Å². The molecule has 1 atom stereocenters. The topological polar surface area (TPSA) is 26.0 Å². The van der Waals surface area contributed by atoms with Gasteiger partial charge in [0.15, 0.2) is 0 Å². The summed E-state index contributed by atoms with van der Waals surface area (Å²) < 4.78 is 13.6. The summed E-state index contributed by atoms with van der Waals surface area (Å²) in [4.78, 5) is 1.16. The minimum absolute atomic E-state index is 0.105. The smallest absolute Gasteiger partial charge is 0.126 e. The summed E-state index contributed by atoms with van der Waals surface area (Å²) in [5.41, 5.74) is 7.60. The summed E-state index contributed by atoms with van der Waals surface area (Å²) in [5.74, 6) is 1.83. The van der Waals surface area contributed by atoms with Crippen LogP contribution in [0.1, 0.15) is 49.8 Å². The van der Waals surface area contributed by atoms with E-state index in [9.17, 15) is 4.39 Å². The van der Waals surface area contributed by atoms with Crippen LogP contribution in [0.25, 0.3) is 0 Å². The van der Waals surface area contributed by atoms with Crippen LogP contribution in [-0.2, 0) is 0 Å². The Kier molecular flexibility index (Phi) is 4.68. The Balaban J connectivity index is 2.12. The van der Waals surface area contributed by atoms with Gasteiger partial charge in [-0.05, 0) is 55.9 Å². The Morgan fingerprint density at radius 1 is 1.39 bits per heavy atom. The molecule has 1 saturated carbocycles. The molecule has 18 heavy (non-hydrogen) atoms. The third-order valence-electron chi connectivity index (χ3n) is 3.73. The van der Waals surface area contributed by atoms with Crippen LogP contribution in [0.5, 0.6) is 0 Å². The van der Waals surface area contributed by atoms with Crippen molar-refractivity contribution in [3.05, 3.63) is 29.1 Å². The van der Waals surface area contributed by atoms with Gasteiger partial charge in [0.1, 0.15) is 5.82 Å². The number of thioether (sulfide) groups is 1. The molecule has 1 aromatic carbocycles. The normalized spacial score (nSPS) is 18.2. The van der Waals surface area contributed by atoms with E-state index in [0.29, 0.717) is 5.56 Å². The largest absolute Gasteiger partial charge is 0.324 e. The van der Waals surface area contributed by atoms with E-state index in [1.807, 2.05) is 31.7 Å². The second kappa shape index (κ2) is 6.07. The van der Waals surface area contributed by atoms with Gasteiger partial charge in [-0.15, -0.1) is 11.8 Å². The van der Waals surface area contributed by atoms with Crippen LogP contribution in [-0.4, -0.2) is 5.75 Å². The van der Waals surface area contributed by atoms with Gasteiger partial charge in [-0.3, -0.25) is 0 Å². The minimum atomic E-state index is -0.146. The molecule has 1 nitrogen and oxygen atoms in total. The fraction of sp³-hybridized carbons (Fsp3) is 0.600. The SMILES string of the molecule is Cc1cc(SCC2CCCC2)c([C@H](C)N)cc1F. The van der Waals surface area contributed by atoms with Gasteiger partial charge in [0.2, 0.25) is 0 Å². The first-order valence-electron chi connectivity index (χ1n) is 6.76. The summed E-state index contributed by atoms with van der Waals surface area (Å²) in [6, 6.07) is 3.45. The van der Waals surface area contributed by atoms with Crippen LogP contribution in [0.4, 0.5) is 4.39 Å². The molecule has 0 amide bonds. The van der Waals surface area contributed by atoms with Crippen molar-refractivity contribution in [1.82, 2.24) is 0 Å². The second-order valence-corrected chi connectivity index (χ2v) is 6.45. The summed E-state index contributed by atoms with van der Waals surface area (Å²) in [7, 11) is 0. The van der Waals surface area contributed by atoms with Crippen molar-refractivity contribution in [1.29, 1.82) is 0 Å². The maximum absolute atomic E-state index is 13.6. The van der Waals surface area contributed by atoms with Gasteiger partial charge in [-0.25, -0.2) is 4.39 Å². The molecule has 100 valence electrons. The first-order valence-corrected chi connectivity index (χ1v) is 7.75. The van der Waals surface area contributed by atoms with Gasteiger partial charge < -0.3 is 5.73 Å². The van der Waals surface area contributed by atoms with E-state index < -0.39 is 0 Å². The molecule has 3 heteroatoms. The van der Waals surface area contributed by atoms with Crippen molar-refractivity contribution in [3.63, 3.8) is 0 Å². The average molecular weight is 267 g/mol. The number of hydrogen-bond acceptors (Lipinski definition) is 2. The zero-order valence-electron chi connectivity index (χ0n) is 11.2. The predicted octanol–water partition coefficient (Wildman–Crippen LogP) is 4.44. The Morgan fingerprint density at radius 2 is 2.06 bits per heavy atom. The molecule has 1 aromatic rings. The molecule has 2 N–H and O–H groups in total. The third-order valence-corrected chi connectivity index (χ3v) is 5.03. The van der Waals surface area contributed by atoms with Crippen LogP contribution >= 0.6 is 11.8 Å². The van der Waals surface area contributed by atoms with E-state index in [1.54, 1.807) is 6.07 Å². The van der Waals surface area contributed by atoms with Crippen molar-refractivity contribution in [3.8, 4) is 0 Å². The van der Waals surface area contributed by atoms with E-state index in [1.165, 1.54) is 25.7 Å². The second-order valence-electron chi connectivity index (χ2n) is 5.39. The van der Waals surface area contributed by atoms with Crippen LogP contribution < -0.4 is 5.73 Å². The number of halogens is 1. The fourth-order valence-electron chi connectivity index (χ4n) is 2.54. The first-order chi connectivity index (χ1) is 8.58. The zero-order chi connectivity index (χ0) is 13.1. The Morgan fingerprint density at radius 3 is 2.67 bits per heavy atom. The van der Waals surface area contributed by atoms with Gasteiger partial charge in [0, 0.05) is 16.7 Å². The molecule has 0 radical (unpaired) electrons. The van der Waals surface area contributed by atoms with Gasteiger partial charge in [-0.1, -0.05) is 12.8 Å². The molecule has 0 aliphatic heterocycles. The summed E-state index contributed by atoms with van der Waals surface area (Å²) in [5, 5.41) is 0. The zero-order valence-corrected chi connectivity index (χ0v) is 12.0. The quantitative estimate of drug-likeness (QED) is 0.816.